The van der Waals surface area contributed by atoms with Crippen molar-refractivity contribution >= 4 is 5.78 Å². The third-order valence-corrected chi connectivity index (χ3v) is 3.38. The first-order valence-corrected chi connectivity index (χ1v) is 7.28. The Labute approximate surface area is 125 Å². The van der Waals surface area contributed by atoms with Crippen molar-refractivity contribution in [2.75, 3.05) is 0 Å². The minimum atomic E-state index is 0.220. The van der Waals surface area contributed by atoms with Gasteiger partial charge in [0.05, 0.1) is 18.2 Å². The van der Waals surface area contributed by atoms with Crippen molar-refractivity contribution in [1.29, 1.82) is 0 Å². The molecule has 1 aromatic carbocycles. The van der Waals surface area contributed by atoms with Gasteiger partial charge in [0, 0.05) is 12.5 Å². The molecule has 21 heavy (non-hydrogen) atoms. The summed E-state index contributed by atoms with van der Waals surface area (Å²) in [5.74, 6) is 1.05. The lowest BCUT2D eigenvalue weighted by Gasteiger charge is -2.12. The van der Waals surface area contributed by atoms with Gasteiger partial charge in [-0.15, -0.1) is 0 Å². The molecule has 2 aromatic rings. The Balaban J connectivity index is 1.91. The average Bonchev–Trinajstić information content (AvgIpc) is 2.92. The minimum absolute atomic E-state index is 0.220. The Morgan fingerprint density at radius 2 is 2.00 bits per heavy atom. The molecular weight excluding hydrogens is 264 g/mol. The molecule has 0 atom stereocenters. The number of rotatable bonds is 7. The first-order valence-electron chi connectivity index (χ1n) is 7.28. The van der Waals surface area contributed by atoms with E-state index in [0.29, 0.717) is 19.1 Å². The van der Waals surface area contributed by atoms with E-state index in [1.165, 1.54) is 0 Å². The van der Waals surface area contributed by atoms with E-state index in [2.05, 4.69) is 23.4 Å². The van der Waals surface area contributed by atoms with E-state index >= 15 is 0 Å². The summed E-state index contributed by atoms with van der Waals surface area (Å²) in [5, 5.41) is 0. The first kappa shape index (κ1) is 15.3. The third-order valence-electron chi connectivity index (χ3n) is 3.38. The summed E-state index contributed by atoms with van der Waals surface area (Å²) in [7, 11) is 0. The van der Waals surface area contributed by atoms with Crippen LogP contribution in [-0.2, 0) is 17.8 Å². The highest BCUT2D eigenvalue weighted by atomic mass is 16.5. The van der Waals surface area contributed by atoms with Crippen LogP contribution in [0.25, 0.3) is 0 Å². The van der Waals surface area contributed by atoms with E-state index in [9.17, 15) is 4.79 Å². The zero-order valence-electron chi connectivity index (χ0n) is 12.9. The lowest BCUT2D eigenvalue weighted by Crippen LogP contribution is -2.07. The Bertz CT molecular complexity index is 585. The first-order chi connectivity index (χ1) is 10.1. The predicted octanol–water partition coefficient (Wildman–Crippen LogP) is 3.56. The van der Waals surface area contributed by atoms with Crippen LogP contribution in [-0.4, -0.2) is 15.3 Å². The Morgan fingerprint density at radius 3 is 2.62 bits per heavy atom. The number of ether oxygens (including phenoxy) is 1. The number of nitrogens with zero attached hydrogens (tertiary/aromatic N) is 2. The lowest BCUT2D eigenvalue weighted by molar-refractivity contribution is -0.116. The monoisotopic (exact) mass is 286 g/mol. The van der Waals surface area contributed by atoms with Crippen LogP contribution in [0.1, 0.15) is 44.5 Å². The van der Waals surface area contributed by atoms with Crippen LogP contribution in [0.3, 0.4) is 0 Å². The number of aromatic nitrogens is 2. The summed E-state index contributed by atoms with van der Waals surface area (Å²) in [4.78, 5) is 15.1. The normalized spacial score (nSPS) is 10.9. The fourth-order valence-electron chi connectivity index (χ4n) is 2.14. The van der Waals surface area contributed by atoms with Crippen LogP contribution in [0.4, 0.5) is 0 Å². The average molecular weight is 286 g/mol. The van der Waals surface area contributed by atoms with E-state index in [4.69, 9.17) is 4.74 Å². The maximum absolute atomic E-state index is 11.0. The van der Waals surface area contributed by atoms with Crippen molar-refractivity contribution in [3.05, 3.63) is 48.0 Å². The second kappa shape index (κ2) is 7.07. The topological polar surface area (TPSA) is 44.1 Å². The molecule has 112 valence electrons. The van der Waals surface area contributed by atoms with Gasteiger partial charge in [-0.05, 0) is 44.9 Å². The number of aryl methyl sites for hydroxylation is 1. The van der Waals surface area contributed by atoms with E-state index in [-0.39, 0.29) is 5.78 Å². The van der Waals surface area contributed by atoms with Crippen molar-refractivity contribution in [3.8, 4) is 5.75 Å². The Hall–Kier alpha value is -2.10. The van der Waals surface area contributed by atoms with Crippen molar-refractivity contribution in [2.24, 2.45) is 0 Å². The summed E-state index contributed by atoms with van der Waals surface area (Å²) in [5.41, 5.74) is 2.22. The van der Waals surface area contributed by atoms with Gasteiger partial charge < -0.3 is 14.1 Å². The minimum Gasteiger partial charge on any atom is -0.487 e. The number of imidazole rings is 1. The lowest BCUT2D eigenvalue weighted by atomic mass is 10.1. The Kier molecular flexibility index (Phi) is 5.14. The number of carbonyl (C=O) groups is 1. The van der Waals surface area contributed by atoms with Gasteiger partial charge in [-0.2, -0.15) is 0 Å². The highest BCUT2D eigenvalue weighted by molar-refractivity contribution is 5.75. The predicted molar refractivity (Wildman–Crippen MR) is 82.4 cm³/mol. The summed E-state index contributed by atoms with van der Waals surface area (Å²) in [6, 6.07) is 8.30. The molecule has 0 unspecified atom stereocenters. The number of Topliss-reactive ketones (excluding diaryl/α,β-unsaturated/α-hetero) is 1. The van der Waals surface area contributed by atoms with Gasteiger partial charge in [-0.1, -0.05) is 12.1 Å². The SMILES string of the molecule is CC(=O)CCc1ccc(OCc2cncn2C(C)C)cc1. The third kappa shape index (κ3) is 4.45. The van der Waals surface area contributed by atoms with Crippen LogP contribution >= 0.6 is 0 Å². The van der Waals surface area contributed by atoms with Gasteiger partial charge >= 0.3 is 0 Å². The van der Waals surface area contributed by atoms with Gasteiger partial charge in [0.2, 0.25) is 0 Å². The number of carbonyl (C=O) groups excluding carboxylic acids is 1. The Morgan fingerprint density at radius 1 is 1.29 bits per heavy atom. The van der Waals surface area contributed by atoms with Crippen molar-refractivity contribution in [3.63, 3.8) is 0 Å². The maximum Gasteiger partial charge on any atom is 0.130 e. The van der Waals surface area contributed by atoms with Crippen LogP contribution in [0.2, 0.25) is 0 Å². The second-order valence-corrected chi connectivity index (χ2v) is 5.52. The van der Waals surface area contributed by atoms with Crippen molar-refractivity contribution < 1.29 is 9.53 Å². The van der Waals surface area contributed by atoms with Gasteiger partial charge in [0.25, 0.3) is 0 Å². The van der Waals surface area contributed by atoms with Gasteiger partial charge in [0.1, 0.15) is 18.1 Å². The zero-order valence-corrected chi connectivity index (χ0v) is 12.9. The molecule has 0 bridgehead atoms. The molecule has 1 heterocycles. The molecule has 1 aromatic heterocycles. The molecule has 0 aliphatic heterocycles. The number of benzene rings is 1. The maximum atomic E-state index is 11.0. The number of hydrogen-bond acceptors (Lipinski definition) is 3. The molecule has 0 aliphatic rings. The summed E-state index contributed by atoms with van der Waals surface area (Å²) >= 11 is 0. The summed E-state index contributed by atoms with van der Waals surface area (Å²) < 4.78 is 7.89. The molecule has 0 amide bonds. The molecule has 4 nitrogen and oxygen atoms in total. The van der Waals surface area contributed by atoms with E-state index in [1.54, 1.807) is 6.92 Å². The summed E-state index contributed by atoms with van der Waals surface area (Å²) in [6.45, 7) is 6.37. The van der Waals surface area contributed by atoms with Crippen LogP contribution < -0.4 is 4.74 Å². The molecule has 0 saturated heterocycles. The summed E-state index contributed by atoms with van der Waals surface area (Å²) in [6.07, 6.45) is 5.04. The number of ketones is 1. The highest BCUT2D eigenvalue weighted by Crippen LogP contribution is 2.16. The molecule has 0 N–H and O–H groups in total. The molecule has 0 saturated carbocycles. The quantitative estimate of drug-likeness (QED) is 0.781. The van der Waals surface area contributed by atoms with E-state index < -0.39 is 0 Å². The van der Waals surface area contributed by atoms with Crippen LogP contribution in [0.15, 0.2) is 36.8 Å². The molecule has 2 rings (SSSR count). The van der Waals surface area contributed by atoms with Crippen molar-refractivity contribution in [2.45, 2.75) is 46.3 Å². The van der Waals surface area contributed by atoms with Crippen LogP contribution in [0, 0.1) is 0 Å². The molecular formula is C17H22N2O2. The standard InChI is InChI=1S/C17H22N2O2/c1-13(2)19-12-18-10-16(19)11-21-17-8-6-15(7-9-17)5-4-14(3)20/h6-10,12-13H,4-5,11H2,1-3H3. The van der Waals surface area contributed by atoms with Crippen LogP contribution in [0.5, 0.6) is 5.75 Å². The largest absolute Gasteiger partial charge is 0.487 e. The van der Waals surface area contributed by atoms with Crippen molar-refractivity contribution in [1.82, 2.24) is 9.55 Å². The molecule has 0 radical (unpaired) electrons. The fraction of sp³-hybridized carbons (Fsp3) is 0.412. The smallest absolute Gasteiger partial charge is 0.130 e. The molecule has 0 aliphatic carbocycles. The van der Waals surface area contributed by atoms with E-state index in [1.807, 2.05) is 36.8 Å². The fourth-order valence-corrected chi connectivity index (χ4v) is 2.14. The highest BCUT2D eigenvalue weighted by Gasteiger charge is 2.06. The molecule has 0 fully saturated rings. The van der Waals surface area contributed by atoms with Gasteiger partial charge in [-0.3, -0.25) is 0 Å². The molecule has 4 heteroatoms. The van der Waals surface area contributed by atoms with Gasteiger partial charge in [0.15, 0.2) is 0 Å². The molecule has 0 spiro atoms. The second-order valence-electron chi connectivity index (χ2n) is 5.52. The zero-order chi connectivity index (χ0) is 15.2. The van der Waals surface area contributed by atoms with E-state index in [0.717, 1.165) is 23.4 Å². The number of hydrogen-bond donors (Lipinski definition) is 0. The van der Waals surface area contributed by atoms with Gasteiger partial charge in [-0.25, -0.2) is 4.98 Å².